The number of aromatic nitrogens is 1. The summed E-state index contributed by atoms with van der Waals surface area (Å²) in [6.45, 7) is 2.68. The Kier molecular flexibility index (Phi) is 6.40. The van der Waals surface area contributed by atoms with Crippen LogP contribution in [0.15, 0.2) is 66.9 Å². The summed E-state index contributed by atoms with van der Waals surface area (Å²) < 4.78 is 5.88. The summed E-state index contributed by atoms with van der Waals surface area (Å²) in [6, 6.07) is 19.3. The normalized spacial score (nSPS) is 18.2. The number of hydrogen-bond donors (Lipinski definition) is 0. The molecule has 2 aromatic carbocycles. The predicted octanol–water partition coefficient (Wildman–Crippen LogP) is 5.77. The third-order valence-electron chi connectivity index (χ3n) is 5.28. The van der Waals surface area contributed by atoms with Crippen LogP contribution < -0.4 is 9.64 Å². The maximum atomic E-state index is 12.5. The number of pyridine rings is 1. The average Bonchev–Trinajstić information content (AvgIpc) is 2.79. The standard InChI is InChI=1S/C24H22BrClN2O2/c1-2-16-7-10-18(27-15-16)13-14-30-19-11-8-17(9-12-19)23-22(25)24(29)28(23)21-6-4-3-5-20(21)26/h3-12,15,22-23H,2,13-14H2,1H3. The van der Waals surface area contributed by atoms with E-state index in [9.17, 15) is 4.79 Å². The molecule has 1 aromatic heterocycles. The molecular weight excluding hydrogens is 464 g/mol. The van der Waals surface area contributed by atoms with Gasteiger partial charge in [0.15, 0.2) is 0 Å². The molecule has 1 saturated heterocycles. The second-order valence-electron chi connectivity index (χ2n) is 7.19. The van der Waals surface area contributed by atoms with Gasteiger partial charge in [-0.2, -0.15) is 0 Å². The number of alkyl halides is 1. The van der Waals surface area contributed by atoms with E-state index in [2.05, 4.69) is 40.0 Å². The van der Waals surface area contributed by atoms with Crippen molar-refractivity contribution >= 4 is 39.1 Å². The molecular formula is C24H22BrClN2O2. The Morgan fingerprint density at radius 2 is 1.87 bits per heavy atom. The highest BCUT2D eigenvalue weighted by Crippen LogP contribution is 2.45. The molecule has 1 fully saturated rings. The maximum Gasteiger partial charge on any atom is 0.243 e. The van der Waals surface area contributed by atoms with Crippen LogP contribution in [0, 0.1) is 0 Å². The van der Waals surface area contributed by atoms with Crippen LogP contribution >= 0.6 is 27.5 Å². The van der Waals surface area contributed by atoms with E-state index < -0.39 is 0 Å². The quantitative estimate of drug-likeness (QED) is 0.315. The zero-order valence-corrected chi connectivity index (χ0v) is 18.9. The Balaban J connectivity index is 1.40. The molecule has 4 nitrogen and oxygen atoms in total. The van der Waals surface area contributed by atoms with Gasteiger partial charge in [-0.15, -0.1) is 0 Å². The number of amides is 1. The average molecular weight is 486 g/mol. The zero-order chi connectivity index (χ0) is 21.1. The minimum atomic E-state index is -0.266. The van der Waals surface area contributed by atoms with Crippen molar-refractivity contribution in [1.29, 1.82) is 0 Å². The second-order valence-corrected chi connectivity index (χ2v) is 8.58. The number of aryl methyl sites for hydroxylation is 1. The van der Waals surface area contributed by atoms with Gasteiger partial charge in [0, 0.05) is 18.3 Å². The van der Waals surface area contributed by atoms with Crippen LogP contribution in [0.5, 0.6) is 5.75 Å². The first-order valence-electron chi connectivity index (χ1n) is 9.96. The topological polar surface area (TPSA) is 42.4 Å². The van der Waals surface area contributed by atoms with E-state index in [0.29, 0.717) is 11.6 Å². The molecule has 0 bridgehead atoms. The van der Waals surface area contributed by atoms with Crippen molar-refractivity contribution in [3.05, 3.63) is 88.7 Å². The van der Waals surface area contributed by atoms with Crippen LogP contribution in [0.2, 0.25) is 5.02 Å². The number of anilines is 1. The Morgan fingerprint density at radius 3 is 2.53 bits per heavy atom. The predicted molar refractivity (Wildman–Crippen MR) is 124 cm³/mol. The van der Waals surface area contributed by atoms with Gasteiger partial charge in [-0.3, -0.25) is 9.78 Å². The molecule has 30 heavy (non-hydrogen) atoms. The van der Waals surface area contributed by atoms with Gasteiger partial charge in [0.25, 0.3) is 0 Å². The van der Waals surface area contributed by atoms with Gasteiger partial charge >= 0.3 is 0 Å². The second kappa shape index (κ2) is 9.19. The largest absolute Gasteiger partial charge is 0.493 e. The zero-order valence-electron chi connectivity index (χ0n) is 16.6. The van der Waals surface area contributed by atoms with Gasteiger partial charge in [0.1, 0.15) is 10.6 Å². The minimum Gasteiger partial charge on any atom is -0.493 e. The molecule has 1 aliphatic heterocycles. The van der Waals surface area contributed by atoms with E-state index in [4.69, 9.17) is 16.3 Å². The van der Waals surface area contributed by atoms with Crippen molar-refractivity contribution in [3.8, 4) is 5.75 Å². The smallest absolute Gasteiger partial charge is 0.243 e. The van der Waals surface area contributed by atoms with Crippen LogP contribution in [0.25, 0.3) is 0 Å². The molecule has 2 atom stereocenters. The molecule has 2 unspecified atom stereocenters. The Labute approximate surface area is 190 Å². The number of benzene rings is 2. The Bertz CT molecular complexity index is 1020. The molecule has 3 aromatic rings. The van der Waals surface area contributed by atoms with Gasteiger partial charge in [-0.1, -0.05) is 64.8 Å². The summed E-state index contributed by atoms with van der Waals surface area (Å²) in [6.07, 6.45) is 3.67. The Morgan fingerprint density at radius 1 is 1.10 bits per heavy atom. The molecule has 6 heteroatoms. The molecule has 0 N–H and O–H groups in total. The van der Waals surface area contributed by atoms with Gasteiger partial charge in [-0.05, 0) is 47.9 Å². The lowest BCUT2D eigenvalue weighted by atomic mass is 9.92. The third-order valence-corrected chi connectivity index (χ3v) is 6.50. The van der Waals surface area contributed by atoms with Crippen molar-refractivity contribution in [2.45, 2.75) is 30.6 Å². The Hall–Kier alpha value is -2.37. The lowest BCUT2D eigenvalue weighted by Crippen LogP contribution is -2.56. The SMILES string of the molecule is CCc1ccc(CCOc2ccc(C3C(Br)C(=O)N3c3ccccc3Cl)cc2)nc1. The highest BCUT2D eigenvalue weighted by molar-refractivity contribution is 9.10. The molecule has 154 valence electrons. The number of carbonyl (C=O) groups is 1. The van der Waals surface area contributed by atoms with Crippen molar-refractivity contribution in [2.24, 2.45) is 0 Å². The summed E-state index contributed by atoms with van der Waals surface area (Å²) in [5.74, 6) is 0.806. The molecule has 0 aliphatic carbocycles. The lowest BCUT2D eigenvalue weighted by molar-refractivity contribution is -0.123. The van der Waals surface area contributed by atoms with E-state index in [1.807, 2.05) is 48.7 Å². The summed E-state index contributed by atoms with van der Waals surface area (Å²) in [7, 11) is 0. The van der Waals surface area contributed by atoms with Crippen molar-refractivity contribution in [2.75, 3.05) is 11.5 Å². The first-order chi connectivity index (χ1) is 14.6. The fourth-order valence-electron chi connectivity index (χ4n) is 3.53. The van der Waals surface area contributed by atoms with Gasteiger partial charge in [0.05, 0.1) is 23.4 Å². The lowest BCUT2D eigenvalue weighted by Gasteiger charge is -2.45. The fourth-order valence-corrected chi connectivity index (χ4v) is 4.52. The number of para-hydroxylation sites is 1. The van der Waals surface area contributed by atoms with E-state index in [1.54, 1.807) is 11.0 Å². The summed E-state index contributed by atoms with van der Waals surface area (Å²) >= 11 is 9.83. The number of β-lactam (4-membered cyclic amide) rings is 1. The van der Waals surface area contributed by atoms with E-state index >= 15 is 0 Å². The summed E-state index contributed by atoms with van der Waals surface area (Å²) in [4.78, 5) is 18.4. The third kappa shape index (κ3) is 4.23. The summed E-state index contributed by atoms with van der Waals surface area (Å²) in [5.41, 5.74) is 4.02. The number of carbonyl (C=O) groups excluding carboxylic acids is 1. The fraction of sp³-hybridized carbons (Fsp3) is 0.250. The maximum absolute atomic E-state index is 12.5. The van der Waals surface area contributed by atoms with E-state index in [0.717, 1.165) is 35.5 Å². The molecule has 2 heterocycles. The van der Waals surface area contributed by atoms with Crippen LogP contribution in [-0.2, 0) is 17.6 Å². The highest BCUT2D eigenvalue weighted by Gasteiger charge is 2.47. The van der Waals surface area contributed by atoms with E-state index in [1.165, 1.54) is 5.56 Å². The highest BCUT2D eigenvalue weighted by atomic mass is 79.9. The van der Waals surface area contributed by atoms with Crippen molar-refractivity contribution in [1.82, 2.24) is 4.98 Å². The van der Waals surface area contributed by atoms with Crippen LogP contribution in [0.1, 0.15) is 29.8 Å². The van der Waals surface area contributed by atoms with Crippen molar-refractivity contribution < 1.29 is 9.53 Å². The van der Waals surface area contributed by atoms with Crippen molar-refractivity contribution in [3.63, 3.8) is 0 Å². The number of rotatable bonds is 7. The summed E-state index contributed by atoms with van der Waals surface area (Å²) in [5, 5.41) is 0.566. The molecule has 1 amide bonds. The number of ether oxygens (including phenoxy) is 1. The molecule has 0 radical (unpaired) electrons. The number of halogens is 2. The first-order valence-corrected chi connectivity index (χ1v) is 11.3. The van der Waals surface area contributed by atoms with Crippen LogP contribution in [-0.4, -0.2) is 22.3 Å². The van der Waals surface area contributed by atoms with Gasteiger partial charge in [-0.25, -0.2) is 0 Å². The monoisotopic (exact) mass is 484 g/mol. The van der Waals surface area contributed by atoms with Gasteiger partial charge < -0.3 is 9.64 Å². The molecule has 0 spiro atoms. The number of hydrogen-bond acceptors (Lipinski definition) is 3. The van der Waals surface area contributed by atoms with Crippen LogP contribution in [0.3, 0.4) is 0 Å². The van der Waals surface area contributed by atoms with Crippen LogP contribution in [0.4, 0.5) is 5.69 Å². The van der Waals surface area contributed by atoms with E-state index in [-0.39, 0.29) is 16.8 Å². The van der Waals surface area contributed by atoms with Gasteiger partial charge in [0.2, 0.25) is 5.91 Å². The molecule has 0 saturated carbocycles. The first kappa shape index (κ1) is 20.9. The molecule has 1 aliphatic rings. The minimum absolute atomic E-state index is 0.00928. The molecule has 4 rings (SSSR count). The number of nitrogens with zero attached hydrogens (tertiary/aromatic N) is 2.